The van der Waals surface area contributed by atoms with Gasteiger partial charge >= 0.3 is 5.97 Å². The molecule has 2 aliphatic heterocycles. The van der Waals surface area contributed by atoms with Crippen molar-refractivity contribution in [2.24, 2.45) is 4.99 Å². The lowest BCUT2D eigenvalue weighted by Gasteiger charge is -2.17. The Morgan fingerprint density at radius 3 is 2.62 bits per heavy atom. The Morgan fingerprint density at radius 1 is 1.19 bits per heavy atom. The van der Waals surface area contributed by atoms with Gasteiger partial charge in [-0.3, -0.25) is 0 Å². The third kappa shape index (κ3) is 2.45. The van der Waals surface area contributed by atoms with Crippen LogP contribution in [-0.2, 0) is 9.53 Å². The highest BCUT2D eigenvalue weighted by Crippen LogP contribution is 2.24. The zero-order valence-corrected chi connectivity index (χ0v) is 11.7. The lowest BCUT2D eigenvalue weighted by Crippen LogP contribution is -2.15. The minimum Gasteiger partial charge on any atom is -0.497 e. The Hall–Kier alpha value is -2.82. The van der Waals surface area contributed by atoms with E-state index in [1.807, 2.05) is 36.4 Å². The second-order valence-corrected chi connectivity index (χ2v) is 4.58. The standard InChI is InChI=1S/C16H14N2O3/c1-18-10-4-3-5-13(18)14-16(19)21-15(17-14)11-6-8-12(20-2)9-7-11/h3-10H,1-2H3/b14-13+. The van der Waals surface area contributed by atoms with Crippen LogP contribution in [0.2, 0.25) is 0 Å². The van der Waals surface area contributed by atoms with Crippen molar-refractivity contribution < 1.29 is 14.3 Å². The zero-order chi connectivity index (χ0) is 14.8. The second kappa shape index (κ2) is 5.28. The molecule has 0 radical (unpaired) electrons. The highest BCUT2D eigenvalue weighted by molar-refractivity contribution is 6.11. The van der Waals surface area contributed by atoms with E-state index < -0.39 is 5.97 Å². The van der Waals surface area contributed by atoms with Crippen molar-refractivity contribution in [1.82, 2.24) is 4.90 Å². The van der Waals surface area contributed by atoms with Crippen molar-refractivity contribution in [3.63, 3.8) is 0 Å². The molecule has 5 nitrogen and oxygen atoms in total. The molecule has 2 heterocycles. The van der Waals surface area contributed by atoms with Gasteiger partial charge in [0.25, 0.3) is 0 Å². The SMILES string of the molecule is COc1ccc(C2=N/C(=C3\C=CC=CN3C)C(=O)O2)cc1. The number of aliphatic imine (C=N–C) groups is 1. The van der Waals surface area contributed by atoms with E-state index in [0.29, 0.717) is 17.3 Å². The Balaban J connectivity index is 1.97. The van der Waals surface area contributed by atoms with Crippen LogP contribution in [-0.4, -0.2) is 30.9 Å². The van der Waals surface area contributed by atoms with Crippen molar-refractivity contribution in [1.29, 1.82) is 0 Å². The molecular formula is C16H14N2O3. The first-order valence-electron chi connectivity index (χ1n) is 6.46. The number of ether oxygens (including phenoxy) is 2. The van der Waals surface area contributed by atoms with E-state index in [0.717, 1.165) is 11.3 Å². The van der Waals surface area contributed by atoms with Gasteiger partial charge in [0.05, 0.1) is 12.8 Å². The van der Waals surface area contributed by atoms with E-state index in [4.69, 9.17) is 9.47 Å². The summed E-state index contributed by atoms with van der Waals surface area (Å²) < 4.78 is 10.4. The summed E-state index contributed by atoms with van der Waals surface area (Å²) in [6.07, 6.45) is 7.43. The minimum atomic E-state index is -0.442. The van der Waals surface area contributed by atoms with E-state index in [9.17, 15) is 4.79 Å². The topological polar surface area (TPSA) is 51.1 Å². The molecule has 0 aromatic heterocycles. The van der Waals surface area contributed by atoms with Crippen LogP contribution in [0.4, 0.5) is 0 Å². The third-order valence-electron chi connectivity index (χ3n) is 3.23. The summed E-state index contributed by atoms with van der Waals surface area (Å²) in [5.74, 6) is 0.603. The predicted molar refractivity (Wildman–Crippen MR) is 78.7 cm³/mol. The van der Waals surface area contributed by atoms with Gasteiger partial charge in [-0.05, 0) is 36.4 Å². The molecule has 0 aliphatic carbocycles. The Bertz CT molecular complexity index is 697. The summed E-state index contributed by atoms with van der Waals surface area (Å²) >= 11 is 0. The predicted octanol–water partition coefficient (Wildman–Crippen LogP) is 2.23. The molecule has 0 bridgehead atoms. The number of hydrogen-bond acceptors (Lipinski definition) is 5. The van der Waals surface area contributed by atoms with Crippen LogP contribution >= 0.6 is 0 Å². The summed E-state index contributed by atoms with van der Waals surface area (Å²) in [7, 11) is 3.46. The fourth-order valence-corrected chi connectivity index (χ4v) is 2.09. The fraction of sp³-hybridized carbons (Fsp3) is 0.125. The van der Waals surface area contributed by atoms with E-state index in [1.54, 1.807) is 31.4 Å². The van der Waals surface area contributed by atoms with Crippen molar-refractivity contribution >= 4 is 11.9 Å². The molecule has 0 saturated carbocycles. The lowest BCUT2D eigenvalue weighted by atomic mass is 10.2. The Kier molecular flexibility index (Phi) is 3.31. The Labute approximate surface area is 122 Å². The molecule has 0 spiro atoms. The lowest BCUT2D eigenvalue weighted by molar-refractivity contribution is -0.130. The summed E-state index contributed by atoms with van der Waals surface area (Å²) in [5.41, 5.74) is 1.76. The maximum atomic E-state index is 12.0. The minimum absolute atomic E-state index is 0.307. The highest BCUT2D eigenvalue weighted by Gasteiger charge is 2.28. The number of likely N-dealkylation sites (N-methyl/N-ethyl adjacent to an activating group) is 1. The quantitative estimate of drug-likeness (QED) is 0.616. The van der Waals surface area contributed by atoms with E-state index in [1.165, 1.54) is 0 Å². The molecule has 1 aromatic rings. The first-order valence-corrected chi connectivity index (χ1v) is 6.46. The average molecular weight is 282 g/mol. The second-order valence-electron chi connectivity index (χ2n) is 4.58. The van der Waals surface area contributed by atoms with Gasteiger partial charge in [-0.1, -0.05) is 6.08 Å². The number of rotatable bonds is 2. The van der Waals surface area contributed by atoms with Crippen molar-refractivity contribution in [3.05, 3.63) is 65.7 Å². The smallest absolute Gasteiger partial charge is 0.366 e. The maximum absolute atomic E-state index is 12.0. The number of methoxy groups -OCH3 is 1. The molecule has 106 valence electrons. The molecule has 0 amide bonds. The summed E-state index contributed by atoms with van der Waals surface area (Å²) in [5, 5.41) is 0. The molecule has 5 heteroatoms. The third-order valence-corrected chi connectivity index (χ3v) is 3.23. The number of cyclic esters (lactones) is 1. The average Bonchev–Trinajstić information content (AvgIpc) is 2.90. The molecule has 0 saturated heterocycles. The number of carbonyl (C=O) groups is 1. The number of allylic oxidation sites excluding steroid dienone is 3. The number of benzene rings is 1. The van der Waals surface area contributed by atoms with Gasteiger partial charge in [-0.15, -0.1) is 0 Å². The van der Waals surface area contributed by atoms with Crippen LogP contribution < -0.4 is 4.74 Å². The Morgan fingerprint density at radius 2 is 1.95 bits per heavy atom. The largest absolute Gasteiger partial charge is 0.497 e. The van der Waals surface area contributed by atoms with Crippen LogP contribution in [0.1, 0.15) is 5.56 Å². The molecule has 0 unspecified atom stereocenters. The van der Waals surface area contributed by atoms with Crippen molar-refractivity contribution in [2.75, 3.05) is 14.2 Å². The van der Waals surface area contributed by atoms with Crippen molar-refractivity contribution in [2.45, 2.75) is 0 Å². The first-order chi connectivity index (χ1) is 10.2. The number of nitrogens with zero attached hydrogens (tertiary/aromatic N) is 2. The monoisotopic (exact) mass is 282 g/mol. The molecule has 21 heavy (non-hydrogen) atoms. The summed E-state index contributed by atoms with van der Waals surface area (Å²) in [4.78, 5) is 18.2. The molecule has 1 aromatic carbocycles. The van der Waals surface area contributed by atoms with Crippen molar-refractivity contribution in [3.8, 4) is 5.75 Å². The first kappa shape index (κ1) is 13.2. The normalized spacial score (nSPS) is 20.6. The van der Waals surface area contributed by atoms with E-state index in [2.05, 4.69) is 4.99 Å². The summed E-state index contributed by atoms with van der Waals surface area (Å²) in [6, 6.07) is 7.20. The zero-order valence-electron chi connectivity index (χ0n) is 11.7. The molecular weight excluding hydrogens is 268 g/mol. The van der Waals surface area contributed by atoms with Crippen LogP contribution in [0.25, 0.3) is 0 Å². The van der Waals surface area contributed by atoms with Gasteiger partial charge in [0.1, 0.15) is 5.75 Å². The number of carbonyl (C=O) groups excluding carboxylic acids is 1. The van der Waals surface area contributed by atoms with E-state index >= 15 is 0 Å². The van der Waals surface area contributed by atoms with Gasteiger partial charge in [-0.25, -0.2) is 9.79 Å². The van der Waals surface area contributed by atoms with E-state index in [-0.39, 0.29) is 0 Å². The fourth-order valence-electron chi connectivity index (χ4n) is 2.09. The maximum Gasteiger partial charge on any atom is 0.366 e. The highest BCUT2D eigenvalue weighted by atomic mass is 16.6. The summed E-state index contributed by atoms with van der Waals surface area (Å²) in [6.45, 7) is 0. The molecule has 0 atom stereocenters. The van der Waals surface area contributed by atoms with Gasteiger partial charge in [-0.2, -0.15) is 0 Å². The van der Waals surface area contributed by atoms with Gasteiger partial charge in [0.15, 0.2) is 5.70 Å². The molecule has 0 fully saturated rings. The van der Waals surface area contributed by atoms with Gasteiger partial charge in [0.2, 0.25) is 5.90 Å². The van der Waals surface area contributed by atoms with Crippen LogP contribution in [0, 0.1) is 0 Å². The van der Waals surface area contributed by atoms with Crippen LogP contribution in [0.15, 0.2) is 65.1 Å². The number of hydrogen-bond donors (Lipinski definition) is 0. The number of esters is 1. The molecule has 3 rings (SSSR count). The molecule has 2 aliphatic rings. The van der Waals surface area contributed by atoms with Gasteiger partial charge < -0.3 is 14.4 Å². The van der Waals surface area contributed by atoms with Crippen LogP contribution in [0.5, 0.6) is 5.75 Å². The van der Waals surface area contributed by atoms with Gasteiger partial charge in [0, 0.05) is 18.8 Å². The van der Waals surface area contributed by atoms with Crippen LogP contribution in [0.3, 0.4) is 0 Å². The molecule has 0 N–H and O–H groups in total.